The van der Waals surface area contributed by atoms with Gasteiger partial charge in [0, 0.05) is 43.7 Å². The van der Waals surface area contributed by atoms with E-state index in [1.54, 1.807) is 16.2 Å². The Bertz CT molecular complexity index is 1670. The molecule has 1 unspecified atom stereocenters. The van der Waals surface area contributed by atoms with Gasteiger partial charge in [-0.15, -0.1) is 20.6 Å². The maximum atomic E-state index is 12.2. The van der Waals surface area contributed by atoms with E-state index in [0.717, 1.165) is 54.3 Å². The number of nitrogens with zero attached hydrogens (tertiary/aromatic N) is 6. The number of carbonyl (C=O) groups excluding carboxylic acids is 1. The third kappa shape index (κ3) is 5.06. The molecule has 1 atom stereocenters. The van der Waals surface area contributed by atoms with Crippen LogP contribution in [0.4, 0.5) is 5.69 Å². The zero-order chi connectivity index (χ0) is 28.6. The molecular formula is C29H32BN6O2PS. The number of aromatic nitrogens is 2. The number of nitriles is 1. The summed E-state index contributed by atoms with van der Waals surface area (Å²) >= 11 is 1.63. The molecule has 1 aliphatic rings. The first kappa shape index (κ1) is 28.0. The van der Waals surface area contributed by atoms with E-state index in [1.807, 2.05) is 24.5 Å². The van der Waals surface area contributed by atoms with Gasteiger partial charge in [-0.25, -0.2) is 9.97 Å². The summed E-state index contributed by atoms with van der Waals surface area (Å²) < 4.78 is 7.31. The molecule has 1 aliphatic heterocycles. The van der Waals surface area contributed by atoms with Crippen molar-refractivity contribution in [3.8, 4) is 23.1 Å². The maximum Gasteiger partial charge on any atom is 0.246 e. The van der Waals surface area contributed by atoms with Crippen LogP contribution in [0.5, 0.6) is 5.88 Å². The summed E-state index contributed by atoms with van der Waals surface area (Å²) in [5.41, 5.74) is 9.17. The topological polar surface area (TPSA) is 85.6 Å². The van der Waals surface area contributed by atoms with Gasteiger partial charge in [-0.1, -0.05) is 24.2 Å². The molecule has 204 valence electrons. The van der Waals surface area contributed by atoms with Gasteiger partial charge in [-0.3, -0.25) is 4.79 Å². The molecule has 0 aliphatic carbocycles. The molecule has 2 aromatic carbocycles. The van der Waals surface area contributed by atoms with Crippen LogP contribution in [0.2, 0.25) is 0 Å². The third-order valence-electron chi connectivity index (χ3n) is 7.41. The van der Waals surface area contributed by atoms with Gasteiger partial charge in [0.25, 0.3) is 0 Å². The number of aryl methyl sites for hydroxylation is 1. The second kappa shape index (κ2) is 11.5. The van der Waals surface area contributed by atoms with Crippen LogP contribution in [0, 0.1) is 18.3 Å². The summed E-state index contributed by atoms with van der Waals surface area (Å²) in [5, 5.41) is 12.4. The van der Waals surface area contributed by atoms with Crippen LogP contribution in [0.25, 0.3) is 32.2 Å². The molecule has 11 heteroatoms. The largest absolute Gasteiger partial charge is 0.475 e. The number of piperazine rings is 1. The number of benzene rings is 2. The van der Waals surface area contributed by atoms with Crippen molar-refractivity contribution in [1.29, 1.82) is 5.26 Å². The Hall–Kier alpha value is -3.51. The van der Waals surface area contributed by atoms with Crippen molar-refractivity contribution in [1.82, 2.24) is 19.8 Å². The Kier molecular flexibility index (Phi) is 8.09. The van der Waals surface area contributed by atoms with Crippen LogP contribution in [0.15, 0.2) is 36.4 Å². The average Bonchev–Trinajstić information content (AvgIpc) is 3.44. The molecule has 0 saturated carbocycles. The Morgan fingerprint density at radius 3 is 2.73 bits per heavy atom. The number of thiazole rings is 1. The van der Waals surface area contributed by atoms with Crippen LogP contribution in [-0.2, 0) is 4.79 Å². The quantitative estimate of drug-likeness (QED) is 0.192. The van der Waals surface area contributed by atoms with Gasteiger partial charge >= 0.3 is 0 Å². The molecule has 0 bridgehead atoms. The van der Waals surface area contributed by atoms with Gasteiger partial charge in [-0.05, 0) is 49.6 Å². The van der Waals surface area contributed by atoms with E-state index in [4.69, 9.17) is 14.7 Å². The van der Waals surface area contributed by atoms with Crippen LogP contribution in [0.1, 0.15) is 11.1 Å². The number of amides is 1. The molecule has 4 aromatic rings. The molecule has 1 amide bonds. The summed E-state index contributed by atoms with van der Waals surface area (Å²) in [5.74, 6) is 0.266. The molecule has 2 aromatic heterocycles. The molecule has 0 radical (unpaired) electrons. The Morgan fingerprint density at radius 2 is 2.05 bits per heavy atom. The van der Waals surface area contributed by atoms with Gasteiger partial charge in [0.15, 0.2) is 0 Å². The number of anilines is 1. The van der Waals surface area contributed by atoms with Crippen molar-refractivity contribution in [3.05, 3.63) is 47.5 Å². The van der Waals surface area contributed by atoms with E-state index >= 15 is 0 Å². The minimum atomic E-state index is -0.0753. The zero-order valence-corrected chi connectivity index (χ0v) is 25.3. The molecule has 0 N–H and O–H groups in total. The van der Waals surface area contributed by atoms with Gasteiger partial charge in [0.2, 0.25) is 11.8 Å². The lowest BCUT2D eigenvalue weighted by Gasteiger charge is -2.37. The Labute approximate surface area is 241 Å². The fourth-order valence-corrected chi connectivity index (χ4v) is 6.60. The summed E-state index contributed by atoms with van der Waals surface area (Å²) in [7, 11) is 8.85. The van der Waals surface area contributed by atoms with E-state index < -0.39 is 0 Å². The first-order chi connectivity index (χ1) is 19.2. The van der Waals surface area contributed by atoms with Crippen molar-refractivity contribution >= 4 is 71.9 Å². The number of hydrogen-bond donors (Lipinski definition) is 0. The van der Waals surface area contributed by atoms with Gasteiger partial charge in [0.05, 0.1) is 26.9 Å². The Morgan fingerprint density at radius 1 is 1.30 bits per heavy atom. The molecule has 1 fully saturated rings. The van der Waals surface area contributed by atoms with Crippen molar-refractivity contribution < 1.29 is 9.53 Å². The smallest absolute Gasteiger partial charge is 0.246 e. The number of rotatable bonds is 7. The van der Waals surface area contributed by atoms with Crippen LogP contribution in [0.3, 0.4) is 0 Å². The Balaban J connectivity index is 1.71. The number of fused-ring (bicyclic) bond motifs is 2. The van der Waals surface area contributed by atoms with Crippen LogP contribution in [-0.4, -0.2) is 86.9 Å². The van der Waals surface area contributed by atoms with Gasteiger partial charge < -0.3 is 19.4 Å². The molecule has 40 heavy (non-hydrogen) atoms. The van der Waals surface area contributed by atoms with Crippen molar-refractivity contribution in [2.24, 2.45) is 0 Å². The predicted octanol–water partition coefficient (Wildman–Crippen LogP) is 2.23. The summed E-state index contributed by atoms with van der Waals surface area (Å²) in [4.78, 5) is 27.9. The van der Waals surface area contributed by atoms with E-state index in [1.165, 1.54) is 6.08 Å². The lowest BCUT2D eigenvalue weighted by molar-refractivity contribution is -0.126. The summed E-state index contributed by atoms with van der Waals surface area (Å²) in [6.45, 7) is 9.13. The minimum absolute atomic E-state index is 0.0753. The molecule has 5 rings (SSSR count). The minimum Gasteiger partial charge on any atom is -0.475 e. The standard InChI is InChI=1S/C29H32BN6O2PS/c1-5-22(37)35-8-10-36(11-9-35)27-19-14-17(2)23(18-6-7-21(39)28-26(18)32-16-40-28)24(30)25(19)33-29(20(27)15-31)38-13-12-34(3)4/h5-7,14,16H,1,8-13,30,39H2,2-4H3. The SMILES string of the molecule is Bc1c(-c2ccc(P)c3scnc23)c(C)cc2c(N3CCN(C(=O)C=C)CC3)c(C#N)c(OCCN(C)C)nc12. The first-order valence-electron chi connectivity index (χ1n) is 13.2. The predicted molar refractivity (Wildman–Crippen MR) is 170 cm³/mol. The van der Waals surface area contributed by atoms with Crippen molar-refractivity contribution in [3.63, 3.8) is 0 Å². The molecular weight excluding hydrogens is 538 g/mol. The molecule has 3 heterocycles. The number of carbonyl (C=O) groups is 1. The fourth-order valence-electron chi connectivity index (χ4n) is 5.42. The highest BCUT2D eigenvalue weighted by Crippen LogP contribution is 2.39. The fraction of sp³-hybridized carbons (Fsp3) is 0.310. The molecule has 1 saturated heterocycles. The maximum absolute atomic E-state index is 12.2. The molecule has 8 nitrogen and oxygen atoms in total. The van der Waals surface area contributed by atoms with Crippen molar-refractivity contribution in [2.45, 2.75) is 6.92 Å². The monoisotopic (exact) mass is 570 g/mol. The lowest BCUT2D eigenvalue weighted by atomic mass is 9.81. The van der Waals surface area contributed by atoms with Gasteiger partial charge in [-0.2, -0.15) is 5.26 Å². The highest BCUT2D eigenvalue weighted by molar-refractivity contribution is 7.32. The summed E-state index contributed by atoms with van der Waals surface area (Å²) in [6.07, 6.45) is 1.35. The summed E-state index contributed by atoms with van der Waals surface area (Å²) in [6, 6.07) is 8.77. The number of pyridine rings is 1. The van der Waals surface area contributed by atoms with Crippen LogP contribution < -0.4 is 20.4 Å². The van der Waals surface area contributed by atoms with E-state index in [9.17, 15) is 10.1 Å². The average molecular weight is 570 g/mol. The highest BCUT2D eigenvalue weighted by Gasteiger charge is 2.28. The van der Waals surface area contributed by atoms with Gasteiger partial charge in [0.1, 0.15) is 26.1 Å². The van der Waals surface area contributed by atoms with E-state index in [-0.39, 0.29) is 5.91 Å². The van der Waals surface area contributed by atoms with E-state index in [0.29, 0.717) is 50.8 Å². The van der Waals surface area contributed by atoms with E-state index in [2.05, 4.69) is 59.8 Å². The molecule has 0 spiro atoms. The number of ether oxygens (including phenoxy) is 1. The third-order valence-corrected chi connectivity index (χ3v) is 8.98. The first-order valence-corrected chi connectivity index (χ1v) is 14.6. The normalized spacial score (nSPS) is 13.7. The number of likely N-dealkylation sites (N-methyl/N-ethyl adjacent to an activating group) is 1. The highest BCUT2D eigenvalue weighted by atomic mass is 32.1. The lowest BCUT2D eigenvalue weighted by Crippen LogP contribution is -2.48. The zero-order valence-electron chi connectivity index (χ0n) is 23.3. The second-order valence-corrected chi connectivity index (χ2v) is 11.7. The van der Waals surface area contributed by atoms with Crippen LogP contribution >= 0.6 is 20.6 Å². The number of hydrogen-bond acceptors (Lipinski definition) is 8. The second-order valence-electron chi connectivity index (χ2n) is 10.2. The van der Waals surface area contributed by atoms with Crippen molar-refractivity contribution in [2.75, 3.05) is 58.3 Å².